The quantitative estimate of drug-likeness (QED) is 0.822. The van der Waals surface area contributed by atoms with E-state index in [1.807, 2.05) is 0 Å². The van der Waals surface area contributed by atoms with E-state index in [1.165, 1.54) is 25.7 Å². The van der Waals surface area contributed by atoms with Crippen molar-refractivity contribution in [3.63, 3.8) is 0 Å². The number of carbonyl (C=O) groups excluding carboxylic acids is 1. The Bertz CT molecular complexity index is 336. The van der Waals surface area contributed by atoms with Gasteiger partial charge in [0, 0.05) is 6.04 Å². The van der Waals surface area contributed by atoms with E-state index in [2.05, 4.69) is 12.2 Å². The smallest absolute Gasteiger partial charge is 0.307 e. The van der Waals surface area contributed by atoms with Crippen LogP contribution in [0.1, 0.15) is 58.3 Å². The lowest BCUT2D eigenvalue weighted by atomic mass is 9.78. The molecular weight excluding hydrogens is 242 g/mol. The summed E-state index contributed by atoms with van der Waals surface area (Å²) in [4.78, 5) is 23.5. The molecule has 4 heteroatoms. The van der Waals surface area contributed by atoms with E-state index in [4.69, 9.17) is 0 Å². The van der Waals surface area contributed by atoms with Gasteiger partial charge in [-0.05, 0) is 38.5 Å². The standard InChI is InChI=1S/C15H25NO3/c1-10(11-6-2-3-7-11)16-14(17)12-8-4-5-9-13(12)15(18)19/h10-13H,2-9H2,1H3,(H,16,17)(H,18,19)/t10-,12?,13?/m1/s1. The Morgan fingerprint density at radius 1 is 1.00 bits per heavy atom. The van der Waals surface area contributed by atoms with Crippen LogP contribution in [0.2, 0.25) is 0 Å². The number of aliphatic carboxylic acids is 1. The second kappa shape index (κ2) is 6.40. The molecule has 3 atom stereocenters. The fraction of sp³-hybridized carbons (Fsp3) is 0.867. The van der Waals surface area contributed by atoms with Crippen molar-refractivity contribution in [2.24, 2.45) is 17.8 Å². The van der Waals surface area contributed by atoms with Crippen LogP contribution in [0.4, 0.5) is 0 Å². The lowest BCUT2D eigenvalue weighted by Gasteiger charge is -2.30. The minimum Gasteiger partial charge on any atom is -0.481 e. The maximum Gasteiger partial charge on any atom is 0.307 e. The highest BCUT2D eigenvalue weighted by atomic mass is 16.4. The first-order valence-electron chi connectivity index (χ1n) is 7.62. The highest BCUT2D eigenvalue weighted by molar-refractivity contribution is 5.85. The molecule has 0 aromatic heterocycles. The van der Waals surface area contributed by atoms with Gasteiger partial charge in [0.05, 0.1) is 11.8 Å². The average molecular weight is 267 g/mol. The van der Waals surface area contributed by atoms with Crippen molar-refractivity contribution in [3.8, 4) is 0 Å². The summed E-state index contributed by atoms with van der Waals surface area (Å²) >= 11 is 0. The van der Waals surface area contributed by atoms with Gasteiger partial charge in [-0.15, -0.1) is 0 Å². The summed E-state index contributed by atoms with van der Waals surface area (Å²) in [5.41, 5.74) is 0. The summed E-state index contributed by atoms with van der Waals surface area (Å²) in [5.74, 6) is -1.07. The molecule has 2 N–H and O–H groups in total. The van der Waals surface area contributed by atoms with Crippen molar-refractivity contribution in [3.05, 3.63) is 0 Å². The molecule has 1 amide bonds. The first kappa shape index (κ1) is 14.4. The zero-order valence-corrected chi connectivity index (χ0v) is 11.7. The van der Waals surface area contributed by atoms with Gasteiger partial charge in [0.25, 0.3) is 0 Å². The maximum atomic E-state index is 12.3. The molecule has 0 heterocycles. The number of carboxylic acid groups (broad SMARTS) is 1. The third kappa shape index (κ3) is 3.48. The third-order valence-electron chi connectivity index (χ3n) is 4.90. The van der Waals surface area contributed by atoms with Gasteiger partial charge in [-0.25, -0.2) is 0 Å². The number of amides is 1. The Morgan fingerprint density at radius 3 is 2.11 bits per heavy atom. The first-order chi connectivity index (χ1) is 9.09. The Kier molecular flexibility index (Phi) is 4.83. The number of carboxylic acids is 1. The molecule has 0 aromatic carbocycles. The van der Waals surface area contributed by atoms with Crippen LogP contribution >= 0.6 is 0 Å². The van der Waals surface area contributed by atoms with Crippen LogP contribution in [0.15, 0.2) is 0 Å². The topological polar surface area (TPSA) is 66.4 Å². The highest BCUT2D eigenvalue weighted by Crippen LogP contribution is 2.32. The number of hydrogen-bond acceptors (Lipinski definition) is 2. The second-order valence-corrected chi connectivity index (χ2v) is 6.18. The van der Waals surface area contributed by atoms with Crippen molar-refractivity contribution >= 4 is 11.9 Å². The fourth-order valence-corrected chi connectivity index (χ4v) is 3.65. The summed E-state index contributed by atoms with van der Waals surface area (Å²) in [7, 11) is 0. The largest absolute Gasteiger partial charge is 0.481 e. The minimum absolute atomic E-state index is 0.0356. The van der Waals surface area contributed by atoms with E-state index in [1.54, 1.807) is 0 Å². The average Bonchev–Trinajstić information content (AvgIpc) is 2.92. The predicted octanol–water partition coefficient (Wildman–Crippen LogP) is 2.57. The first-order valence-corrected chi connectivity index (χ1v) is 7.62. The Balaban J connectivity index is 1.91. The van der Waals surface area contributed by atoms with Gasteiger partial charge in [0.1, 0.15) is 0 Å². The summed E-state index contributed by atoms with van der Waals surface area (Å²) in [6.07, 6.45) is 8.16. The van der Waals surface area contributed by atoms with Gasteiger partial charge >= 0.3 is 5.97 Å². The molecule has 108 valence electrons. The second-order valence-electron chi connectivity index (χ2n) is 6.18. The van der Waals surface area contributed by atoms with Crippen LogP contribution in [-0.4, -0.2) is 23.0 Å². The molecule has 2 saturated carbocycles. The lowest BCUT2D eigenvalue weighted by Crippen LogP contribution is -2.45. The van der Waals surface area contributed by atoms with Gasteiger partial charge < -0.3 is 10.4 Å². The molecule has 0 spiro atoms. The zero-order valence-electron chi connectivity index (χ0n) is 11.7. The fourth-order valence-electron chi connectivity index (χ4n) is 3.65. The van der Waals surface area contributed by atoms with Crippen LogP contribution in [0.3, 0.4) is 0 Å². The number of carbonyl (C=O) groups is 2. The van der Waals surface area contributed by atoms with Crippen LogP contribution in [0, 0.1) is 17.8 Å². The van der Waals surface area contributed by atoms with Gasteiger partial charge in [-0.3, -0.25) is 9.59 Å². The SMILES string of the molecule is C[C@@H](NC(=O)C1CCCCC1C(=O)O)C1CCCC1. The van der Waals surface area contributed by atoms with E-state index in [9.17, 15) is 14.7 Å². The number of hydrogen-bond donors (Lipinski definition) is 2. The molecule has 2 aliphatic carbocycles. The third-order valence-corrected chi connectivity index (χ3v) is 4.90. The van der Waals surface area contributed by atoms with Crippen LogP contribution in [0.25, 0.3) is 0 Å². The molecule has 2 fully saturated rings. The van der Waals surface area contributed by atoms with Crippen molar-refractivity contribution < 1.29 is 14.7 Å². The molecule has 4 nitrogen and oxygen atoms in total. The Hall–Kier alpha value is -1.06. The van der Waals surface area contributed by atoms with E-state index in [-0.39, 0.29) is 17.9 Å². The van der Waals surface area contributed by atoms with E-state index in [0.29, 0.717) is 12.3 Å². The van der Waals surface area contributed by atoms with Gasteiger partial charge in [-0.2, -0.15) is 0 Å². The van der Waals surface area contributed by atoms with E-state index >= 15 is 0 Å². The van der Waals surface area contributed by atoms with Crippen molar-refractivity contribution in [1.82, 2.24) is 5.32 Å². The van der Waals surface area contributed by atoms with Gasteiger partial charge in [0.15, 0.2) is 0 Å². The molecule has 0 aromatic rings. The molecule has 0 bridgehead atoms. The molecule has 2 rings (SSSR count). The van der Waals surface area contributed by atoms with Crippen LogP contribution < -0.4 is 5.32 Å². The minimum atomic E-state index is -0.812. The molecule has 0 aliphatic heterocycles. The molecule has 0 radical (unpaired) electrons. The summed E-state index contributed by atoms with van der Waals surface area (Å²) < 4.78 is 0. The Morgan fingerprint density at radius 2 is 1.53 bits per heavy atom. The van der Waals surface area contributed by atoms with Crippen LogP contribution in [0.5, 0.6) is 0 Å². The molecular formula is C15H25NO3. The summed E-state index contributed by atoms with van der Waals surface area (Å²) in [5, 5.41) is 12.3. The lowest BCUT2D eigenvalue weighted by molar-refractivity contribution is -0.149. The predicted molar refractivity (Wildman–Crippen MR) is 72.6 cm³/mol. The van der Waals surface area contributed by atoms with Crippen molar-refractivity contribution in [2.75, 3.05) is 0 Å². The normalized spacial score (nSPS) is 29.9. The zero-order chi connectivity index (χ0) is 13.8. The summed E-state index contributed by atoms with van der Waals surface area (Å²) in [6.45, 7) is 2.06. The number of nitrogens with one attached hydrogen (secondary N) is 1. The monoisotopic (exact) mass is 267 g/mol. The molecule has 2 aliphatic rings. The Labute approximate surface area is 115 Å². The van der Waals surface area contributed by atoms with Crippen molar-refractivity contribution in [2.45, 2.75) is 64.3 Å². The molecule has 0 saturated heterocycles. The molecule has 19 heavy (non-hydrogen) atoms. The highest BCUT2D eigenvalue weighted by Gasteiger charge is 2.36. The van der Waals surface area contributed by atoms with E-state index < -0.39 is 11.9 Å². The molecule has 2 unspecified atom stereocenters. The van der Waals surface area contributed by atoms with E-state index in [0.717, 1.165) is 19.3 Å². The number of rotatable bonds is 4. The van der Waals surface area contributed by atoms with Crippen molar-refractivity contribution in [1.29, 1.82) is 0 Å². The van der Waals surface area contributed by atoms with Gasteiger partial charge in [-0.1, -0.05) is 25.7 Å². The van der Waals surface area contributed by atoms with Gasteiger partial charge in [0.2, 0.25) is 5.91 Å². The van der Waals surface area contributed by atoms with Crippen LogP contribution in [-0.2, 0) is 9.59 Å². The summed E-state index contributed by atoms with van der Waals surface area (Å²) in [6, 6.07) is 0.186. The maximum absolute atomic E-state index is 12.3.